The van der Waals surface area contributed by atoms with Crippen LogP contribution in [0.15, 0.2) is 65.8 Å². The van der Waals surface area contributed by atoms with E-state index in [0.717, 1.165) is 11.1 Å². The number of nitrogens with one attached hydrogen (secondary N) is 1. The quantitative estimate of drug-likeness (QED) is 0.496. The van der Waals surface area contributed by atoms with E-state index in [2.05, 4.69) is 5.16 Å². The largest absolute Gasteiger partial charge is 0.342 e. The van der Waals surface area contributed by atoms with Crippen molar-refractivity contribution in [3.63, 3.8) is 0 Å². The summed E-state index contributed by atoms with van der Waals surface area (Å²) < 4.78 is 0. The van der Waals surface area contributed by atoms with Crippen molar-refractivity contribution in [3.8, 4) is 0 Å². The van der Waals surface area contributed by atoms with Gasteiger partial charge in [-0.25, -0.2) is 0 Å². The molecule has 0 fully saturated rings. The van der Waals surface area contributed by atoms with E-state index in [0.29, 0.717) is 6.42 Å². The molecule has 0 bridgehead atoms. The highest BCUT2D eigenvalue weighted by Crippen LogP contribution is 2.01. The molecule has 0 aliphatic heterocycles. The lowest BCUT2D eigenvalue weighted by atomic mass is 10.1. The van der Waals surface area contributed by atoms with Gasteiger partial charge < -0.3 is 4.84 Å². The summed E-state index contributed by atoms with van der Waals surface area (Å²) in [6.07, 6.45) is 2.05. The SMILES string of the molecule is N=C(Cc1ccccc1)O/N=C/c1ccccc1. The third kappa shape index (κ3) is 3.87. The number of benzene rings is 2. The fraction of sp³-hybridized carbons (Fsp3) is 0.0667. The van der Waals surface area contributed by atoms with Crippen molar-refractivity contribution >= 4 is 12.1 Å². The van der Waals surface area contributed by atoms with Crippen LogP contribution in [0.2, 0.25) is 0 Å². The molecule has 18 heavy (non-hydrogen) atoms. The number of oxime groups is 1. The van der Waals surface area contributed by atoms with Gasteiger partial charge in [0.2, 0.25) is 5.90 Å². The molecule has 0 saturated carbocycles. The lowest BCUT2D eigenvalue weighted by Crippen LogP contribution is -2.03. The molecule has 0 unspecified atom stereocenters. The maximum Gasteiger partial charge on any atom is 0.221 e. The molecular weight excluding hydrogens is 224 g/mol. The predicted molar refractivity (Wildman–Crippen MR) is 73.0 cm³/mol. The van der Waals surface area contributed by atoms with Crippen molar-refractivity contribution in [2.45, 2.75) is 6.42 Å². The Morgan fingerprint density at radius 1 is 1.00 bits per heavy atom. The first kappa shape index (κ1) is 12.0. The van der Waals surface area contributed by atoms with Crippen LogP contribution in [0.5, 0.6) is 0 Å². The molecule has 1 N–H and O–H groups in total. The normalized spacial score (nSPS) is 10.4. The summed E-state index contributed by atoms with van der Waals surface area (Å²) in [6, 6.07) is 19.4. The molecule has 2 aromatic rings. The second kappa shape index (κ2) is 6.35. The molecule has 0 radical (unpaired) electrons. The topological polar surface area (TPSA) is 45.4 Å². The van der Waals surface area contributed by atoms with E-state index in [4.69, 9.17) is 10.2 Å². The number of hydrogen-bond donors (Lipinski definition) is 1. The van der Waals surface area contributed by atoms with Gasteiger partial charge in [0.25, 0.3) is 0 Å². The van der Waals surface area contributed by atoms with Gasteiger partial charge in [-0.15, -0.1) is 0 Å². The highest BCUT2D eigenvalue weighted by molar-refractivity contribution is 5.81. The average molecular weight is 238 g/mol. The molecule has 0 heterocycles. The second-order valence-electron chi connectivity index (χ2n) is 3.82. The number of nitrogens with zero attached hydrogens (tertiary/aromatic N) is 1. The predicted octanol–water partition coefficient (Wildman–Crippen LogP) is 3.26. The Kier molecular flexibility index (Phi) is 4.25. The van der Waals surface area contributed by atoms with E-state index >= 15 is 0 Å². The molecule has 0 spiro atoms. The van der Waals surface area contributed by atoms with E-state index in [1.165, 1.54) is 0 Å². The van der Waals surface area contributed by atoms with Crippen LogP contribution in [-0.2, 0) is 11.3 Å². The average Bonchev–Trinajstić information content (AvgIpc) is 2.41. The minimum atomic E-state index is 0.133. The van der Waals surface area contributed by atoms with Gasteiger partial charge in [-0.05, 0) is 11.1 Å². The van der Waals surface area contributed by atoms with Crippen LogP contribution in [0.4, 0.5) is 0 Å². The van der Waals surface area contributed by atoms with Gasteiger partial charge >= 0.3 is 0 Å². The van der Waals surface area contributed by atoms with E-state index in [9.17, 15) is 0 Å². The van der Waals surface area contributed by atoms with Gasteiger partial charge in [0.15, 0.2) is 0 Å². The zero-order chi connectivity index (χ0) is 12.6. The number of hydrogen-bond acceptors (Lipinski definition) is 3. The zero-order valence-electron chi connectivity index (χ0n) is 9.91. The first-order valence-electron chi connectivity index (χ1n) is 5.71. The summed E-state index contributed by atoms with van der Waals surface area (Å²) in [5.74, 6) is 0.133. The van der Waals surface area contributed by atoms with Crippen LogP contribution in [0, 0.1) is 5.41 Å². The van der Waals surface area contributed by atoms with Crippen LogP contribution in [0.25, 0.3) is 0 Å². The zero-order valence-corrected chi connectivity index (χ0v) is 9.91. The highest BCUT2D eigenvalue weighted by atomic mass is 16.6. The lowest BCUT2D eigenvalue weighted by Gasteiger charge is -2.00. The van der Waals surface area contributed by atoms with Crippen molar-refractivity contribution in [1.82, 2.24) is 0 Å². The third-order valence-corrected chi connectivity index (χ3v) is 2.37. The van der Waals surface area contributed by atoms with Crippen LogP contribution >= 0.6 is 0 Å². The molecule has 0 atom stereocenters. The Balaban J connectivity index is 1.84. The molecule has 0 aromatic heterocycles. The Morgan fingerprint density at radius 2 is 1.61 bits per heavy atom. The van der Waals surface area contributed by atoms with Gasteiger partial charge in [0, 0.05) is 0 Å². The summed E-state index contributed by atoms with van der Waals surface area (Å²) >= 11 is 0. The summed E-state index contributed by atoms with van der Waals surface area (Å²) in [5, 5.41) is 11.4. The summed E-state index contributed by atoms with van der Waals surface area (Å²) in [6.45, 7) is 0. The van der Waals surface area contributed by atoms with E-state index in [-0.39, 0.29) is 5.90 Å². The minimum Gasteiger partial charge on any atom is -0.342 e. The number of rotatable bonds is 4. The van der Waals surface area contributed by atoms with Gasteiger partial charge in [-0.1, -0.05) is 65.8 Å². The van der Waals surface area contributed by atoms with Gasteiger partial charge in [0.05, 0.1) is 12.6 Å². The fourth-order valence-corrected chi connectivity index (χ4v) is 1.50. The van der Waals surface area contributed by atoms with E-state index in [1.54, 1.807) is 6.21 Å². The Labute approximate surface area is 106 Å². The summed E-state index contributed by atoms with van der Waals surface area (Å²) in [4.78, 5) is 5.00. The summed E-state index contributed by atoms with van der Waals surface area (Å²) in [5.41, 5.74) is 1.99. The molecule has 0 aliphatic rings. The summed E-state index contributed by atoms with van der Waals surface area (Å²) in [7, 11) is 0. The Hall–Kier alpha value is -2.42. The fourth-order valence-electron chi connectivity index (χ4n) is 1.50. The van der Waals surface area contributed by atoms with Crippen LogP contribution < -0.4 is 0 Å². The van der Waals surface area contributed by atoms with Crippen molar-refractivity contribution in [2.24, 2.45) is 5.16 Å². The van der Waals surface area contributed by atoms with Gasteiger partial charge in [0.1, 0.15) is 0 Å². The Bertz CT molecular complexity index is 521. The van der Waals surface area contributed by atoms with Crippen LogP contribution in [-0.4, -0.2) is 12.1 Å². The third-order valence-electron chi connectivity index (χ3n) is 2.37. The Morgan fingerprint density at radius 3 is 2.28 bits per heavy atom. The maximum absolute atomic E-state index is 7.66. The van der Waals surface area contributed by atoms with Gasteiger partial charge in [-0.2, -0.15) is 0 Å². The maximum atomic E-state index is 7.66. The molecule has 2 aromatic carbocycles. The highest BCUT2D eigenvalue weighted by Gasteiger charge is 1.99. The van der Waals surface area contributed by atoms with E-state index < -0.39 is 0 Å². The lowest BCUT2D eigenvalue weighted by molar-refractivity contribution is 0.320. The molecule has 3 nitrogen and oxygen atoms in total. The molecule has 0 saturated heterocycles. The van der Waals surface area contributed by atoms with Crippen molar-refractivity contribution < 1.29 is 4.84 Å². The second-order valence-corrected chi connectivity index (χ2v) is 3.82. The molecule has 2 rings (SSSR count). The molecule has 0 amide bonds. The first-order chi connectivity index (χ1) is 8.84. The van der Waals surface area contributed by atoms with E-state index in [1.807, 2.05) is 60.7 Å². The first-order valence-corrected chi connectivity index (χ1v) is 5.71. The van der Waals surface area contributed by atoms with Crippen molar-refractivity contribution in [1.29, 1.82) is 5.41 Å². The van der Waals surface area contributed by atoms with Gasteiger partial charge in [-0.3, -0.25) is 5.41 Å². The van der Waals surface area contributed by atoms with Crippen molar-refractivity contribution in [2.75, 3.05) is 0 Å². The molecular formula is C15H14N2O. The monoisotopic (exact) mass is 238 g/mol. The van der Waals surface area contributed by atoms with Crippen molar-refractivity contribution in [3.05, 3.63) is 71.8 Å². The van der Waals surface area contributed by atoms with Crippen LogP contribution in [0.3, 0.4) is 0 Å². The minimum absolute atomic E-state index is 0.133. The molecule has 0 aliphatic carbocycles. The standard InChI is InChI=1S/C15H14N2O/c16-15(11-13-7-3-1-4-8-13)18-17-12-14-9-5-2-6-10-14/h1-10,12,16H,11H2/b16-15?,17-12+. The molecule has 90 valence electrons. The van der Waals surface area contributed by atoms with Crippen LogP contribution in [0.1, 0.15) is 11.1 Å². The smallest absolute Gasteiger partial charge is 0.221 e. The molecule has 3 heteroatoms.